The van der Waals surface area contributed by atoms with Crippen LogP contribution in [0.4, 0.5) is 20.6 Å². The standard InChI is InChI=1S/C18H22FN4O6/c1-12(25)23(28)10-14-9-22(18(27)29-14)13-2-3-16(15(19)8-13)20-4-6-21(7-5-20)17(26)11-24/h2-3,8,14,24H,4-7,9-11H2,1H3/q-1. The Kier molecular flexibility index (Phi) is 6.18. The fourth-order valence-corrected chi connectivity index (χ4v) is 3.36. The van der Waals surface area contributed by atoms with Crippen LogP contribution in [-0.2, 0) is 14.3 Å². The van der Waals surface area contributed by atoms with E-state index in [-0.39, 0.29) is 29.7 Å². The summed E-state index contributed by atoms with van der Waals surface area (Å²) >= 11 is 0. The Hall–Kier alpha value is -2.92. The minimum absolute atomic E-state index is 0.0333. The molecule has 1 unspecified atom stereocenters. The summed E-state index contributed by atoms with van der Waals surface area (Å²) < 4.78 is 19.8. The van der Waals surface area contributed by atoms with Crippen LogP contribution in [0.15, 0.2) is 18.2 Å². The predicted octanol–water partition coefficient (Wildman–Crippen LogP) is 0.138. The first-order valence-corrected chi connectivity index (χ1v) is 9.16. The SMILES string of the molecule is CC(=O)N([O-])CC1CN(c2ccc(N3CCN(C(=O)CO)CC3)c(F)c2)C(=O)O1. The fraction of sp³-hybridized carbons (Fsp3) is 0.500. The molecule has 1 aromatic rings. The summed E-state index contributed by atoms with van der Waals surface area (Å²) in [6, 6.07) is 4.33. The van der Waals surface area contributed by atoms with Gasteiger partial charge in [-0.15, -0.1) is 0 Å². The number of hydrogen-bond donors (Lipinski definition) is 1. The minimum Gasteiger partial charge on any atom is -0.756 e. The minimum atomic E-state index is -0.788. The molecule has 10 nitrogen and oxygen atoms in total. The van der Waals surface area contributed by atoms with Gasteiger partial charge in [0, 0.05) is 39.6 Å². The van der Waals surface area contributed by atoms with Crippen molar-refractivity contribution in [2.45, 2.75) is 13.0 Å². The molecule has 1 N–H and O–H groups in total. The molecule has 0 radical (unpaired) electrons. The molecule has 0 spiro atoms. The van der Waals surface area contributed by atoms with E-state index in [4.69, 9.17) is 9.84 Å². The third-order valence-electron chi connectivity index (χ3n) is 4.95. The Labute approximate surface area is 166 Å². The van der Waals surface area contributed by atoms with Crippen LogP contribution in [0.1, 0.15) is 6.92 Å². The van der Waals surface area contributed by atoms with Crippen molar-refractivity contribution in [3.63, 3.8) is 0 Å². The molecule has 11 heteroatoms. The average molecular weight is 409 g/mol. The zero-order valence-corrected chi connectivity index (χ0v) is 15.9. The lowest BCUT2D eigenvalue weighted by molar-refractivity contribution is -0.134. The number of aliphatic hydroxyl groups excluding tert-OH is 1. The molecule has 2 heterocycles. The van der Waals surface area contributed by atoms with Crippen molar-refractivity contribution in [3.05, 3.63) is 29.2 Å². The number of carbonyl (C=O) groups excluding carboxylic acids is 3. The Morgan fingerprint density at radius 1 is 1.31 bits per heavy atom. The van der Waals surface area contributed by atoms with Gasteiger partial charge in [0.25, 0.3) is 0 Å². The summed E-state index contributed by atoms with van der Waals surface area (Å²) in [5.41, 5.74) is 0.629. The normalized spacial score (nSPS) is 19.4. The number of piperazine rings is 1. The van der Waals surface area contributed by atoms with Crippen molar-refractivity contribution in [2.24, 2.45) is 0 Å². The van der Waals surface area contributed by atoms with E-state index in [0.717, 1.165) is 6.92 Å². The number of rotatable bonds is 5. The molecule has 2 fully saturated rings. The lowest BCUT2D eigenvalue weighted by atomic mass is 10.2. The van der Waals surface area contributed by atoms with Gasteiger partial charge in [-0.1, -0.05) is 0 Å². The van der Waals surface area contributed by atoms with Gasteiger partial charge >= 0.3 is 6.09 Å². The molecule has 2 saturated heterocycles. The first-order valence-electron chi connectivity index (χ1n) is 9.16. The monoisotopic (exact) mass is 409 g/mol. The van der Waals surface area contributed by atoms with Crippen LogP contribution in [0.3, 0.4) is 0 Å². The van der Waals surface area contributed by atoms with Crippen molar-refractivity contribution in [1.29, 1.82) is 0 Å². The second-order valence-corrected chi connectivity index (χ2v) is 6.86. The smallest absolute Gasteiger partial charge is 0.414 e. The maximum absolute atomic E-state index is 14.7. The van der Waals surface area contributed by atoms with Crippen LogP contribution in [-0.4, -0.2) is 85.0 Å². The third kappa shape index (κ3) is 4.57. The van der Waals surface area contributed by atoms with Crippen LogP contribution < -0.4 is 9.80 Å². The quantitative estimate of drug-likeness (QED) is 0.688. The molecular formula is C18H22FN4O6-. The molecule has 2 aliphatic rings. The van der Waals surface area contributed by atoms with Gasteiger partial charge in [-0.2, -0.15) is 0 Å². The van der Waals surface area contributed by atoms with Gasteiger partial charge in [-0.3, -0.25) is 14.5 Å². The van der Waals surface area contributed by atoms with Gasteiger partial charge in [-0.25, -0.2) is 9.18 Å². The number of cyclic esters (lactones) is 1. The Morgan fingerprint density at radius 3 is 2.59 bits per heavy atom. The number of hydrogen-bond acceptors (Lipinski definition) is 7. The number of benzene rings is 1. The van der Waals surface area contributed by atoms with Gasteiger partial charge in [0.2, 0.25) is 11.8 Å². The van der Waals surface area contributed by atoms with E-state index in [1.807, 2.05) is 0 Å². The van der Waals surface area contributed by atoms with Crippen molar-refractivity contribution in [1.82, 2.24) is 9.96 Å². The van der Waals surface area contributed by atoms with Crippen molar-refractivity contribution < 1.29 is 28.6 Å². The van der Waals surface area contributed by atoms with E-state index in [1.54, 1.807) is 17.0 Å². The van der Waals surface area contributed by atoms with E-state index in [1.165, 1.54) is 15.9 Å². The zero-order chi connectivity index (χ0) is 21.1. The molecule has 0 bridgehead atoms. The molecule has 3 rings (SSSR count). The van der Waals surface area contributed by atoms with E-state index in [2.05, 4.69) is 0 Å². The lowest BCUT2D eigenvalue weighted by Crippen LogP contribution is -2.49. The van der Waals surface area contributed by atoms with Gasteiger partial charge in [0.05, 0.1) is 17.9 Å². The van der Waals surface area contributed by atoms with Crippen molar-refractivity contribution >= 4 is 29.3 Å². The van der Waals surface area contributed by atoms with Crippen LogP contribution in [0.5, 0.6) is 0 Å². The lowest BCUT2D eigenvalue weighted by Gasteiger charge is -2.36. The molecule has 29 heavy (non-hydrogen) atoms. The first-order chi connectivity index (χ1) is 13.8. The van der Waals surface area contributed by atoms with E-state index in [0.29, 0.717) is 31.9 Å². The number of amides is 3. The fourth-order valence-electron chi connectivity index (χ4n) is 3.36. The van der Waals surface area contributed by atoms with E-state index in [9.17, 15) is 24.0 Å². The molecule has 2 aliphatic heterocycles. The van der Waals surface area contributed by atoms with Gasteiger partial charge in [-0.05, 0) is 18.2 Å². The first kappa shape index (κ1) is 20.8. The molecular weight excluding hydrogens is 387 g/mol. The molecule has 0 aromatic heterocycles. The number of ether oxygens (including phenoxy) is 1. The third-order valence-corrected chi connectivity index (χ3v) is 4.95. The van der Waals surface area contributed by atoms with Crippen LogP contribution in [0.2, 0.25) is 0 Å². The summed E-state index contributed by atoms with van der Waals surface area (Å²) in [6.07, 6.45) is -1.50. The van der Waals surface area contributed by atoms with E-state index >= 15 is 0 Å². The second-order valence-electron chi connectivity index (χ2n) is 6.86. The van der Waals surface area contributed by atoms with E-state index < -0.39 is 30.5 Å². The zero-order valence-electron chi connectivity index (χ0n) is 15.9. The summed E-state index contributed by atoms with van der Waals surface area (Å²) in [7, 11) is 0. The number of halogens is 1. The van der Waals surface area contributed by atoms with Crippen LogP contribution in [0.25, 0.3) is 0 Å². The highest BCUT2D eigenvalue weighted by molar-refractivity contribution is 5.90. The number of nitrogens with zero attached hydrogens (tertiary/aromatic N) is 4. The largest absolute Gasteiger partial charge is 0.756 e. The van der Waals surface area contributed by atoms with Crippen molar-refractivity contribution in [3.8, 4) is 0 Å². The molecule has 1 atom stereocenters. The highest BCUT2D eigenvalue weighted by atomic mass is 19.1. The molecule has 1 aromatic carbocycles. The molecule has 158 valence electrons. The molecule has 3 amide bonds. The molecule has 0 aliphatic carbocycles. The maximum atomic E-state index is 14.7. The number of hydroxylamine groups is 2. The maximum Gasteiger partial charge on any atom is 0.414 e. The summed E-state index contributed by atoms with van der Waals surface area (Å²) in [4.78, 5) is 39.2. The van der Waals surface area contributed by atoms with Gasteiger partial charge < -0.3 is 29.9 Å². The summed E-state index contributed by atoms with van der Waals surface area (Å²) in [5, 5.41) is 20.6. The summed E-state index contributed by atoms with van der Waals surface area (Å²) in [6.45, 7) is 1.91. The molecule has 0 saturated carbocycles. The van der Waals surface area contributed by atoms with Crippen LogP contribution >= 0.6 is 0 Å². The van der Waals surface area contributed by atoms with Gasteiger partial charge in [0.1, 0.15) is 18.5 Å². The highest BCUT2D eigenvalue weighted by Gasteiger charge is 2.33. The number of carbonyl (C=O) groups is 3. The highest BCUT2D eigenvalue weighted by Crippen LogP contribution is 2.28. The Balaban J connectivity index is 1.65. The van der Waals surface area contributed by atoms with Crippen molar-refractivity contribution in [2.75, 3.05) is 55.7 Å². The van der Waals surface area contributed by atoms with Gasteiger partial charge in [0.15, 0.2) is 0 Å². The number of aliphatic hydroxyl groups is 1. The van der Waals surface area contributed by atoms with Crippen LogP contribution in [0, 0.1) is 11.0 Å². The Morgan fingerprint density at radius 2 is 2.00 bits per heavy atom. The second kappa shape index (κ2) is 8.62. The average Bonchev–Trinajstić information content (AvgIpc) is 3.07. The number of anilines is 2. The Bertz CT molecular complexity index is 799. The predicted molar refractivity (Wildman–Crippen MR) is 101 cm³/mol. The topological polar surface area (TPSA) is 117 Å². The summed E-state index contributed by atoms with van der Waals surface area (Å²) in [5.74, 6) is -1.57.